The summed E-state index contributed by atoms with van der Waals surface area (Å²) in [4.78, 5) is 87.8. The smallest absolute Gasteiger partial charge is 0.386 e. The van der Waals surface area contributed by atoms with Crippen molar-refractivity contribution in [3.05, 3.63) is 12.7 Å². The summed E-state index contributed by atoms with van der Waals surface area (Å²) >= 11 is 1.14. The predicted octanol–water partition coefficient (Wildman–Crippen LogP) is 1.66. The molecule has 1 fully saturated rings. The highest BCUT2D eigenvalue weighted by atomic mass is 32.2. The molecule has 0 spiro atoms. The van der Waals surface area contributed by atoms with Crippen LogP contribution in [0.3, 0.4) is 0 Å². The van der Waals surface area contributed by atoms with Gasteiger partial charge in [0.2, 0.25) is 11.8 Å². The molecular formula is C31H54N7O17P3S. The summed E-state index contributed by atoms with van der Waals surface area (Å²) in [5, 5.41) is 26.5. The molecule has 3 rings (SSSR count). The Labute approximate surface area is 344 Å². The molecular weight excluding hydrogens is 867 g/mol. The molecule has 3 heterocycles. The highest BCUT2D eigenvalue weighted by Gasteiger charge is 2.50. The summed E-state index contributed by atoms with van der Waals surface area (Å²) in [6, 6.07) is 0. The first-order valence-electron chi connectivity index (χ1n) is 18.5. The minimum atomic E-state index is -5.57. The van der Waals surface area contributed by atoms with Crippen molar-refractivity contribution >= 4 is 69.1 Å². The maximum atomic E-state index is 12.7. The fraction of sp³-hybridized carbons (Fsp3) is 0.742. The molecule has 1 aliphatic rings. The normalized spacial score (nSPS) is 21.3. The Balaban J connectivity index is 1.42. The van der Waals surface area contributed by atoms with Gasteiger partial charge in [0.15, 0.2) is 22.8 Å². The molecule has 2 aromatic rings. The Morgan fingerprint density at radius 3 is 2.34 bits per heavy atom. The zero-order valence-corrected chi connectivity index (χ0v) is 36.4. The molecule has 7 atom stereocenters. The predicted molar refractivity (Wildman–Crippen MR) is 210 cm³/mol. The van der Waals surface area contributed by atoms with Gasteiger partial charge in [-0.2, -0.15) is 4.31 Å². The Kier molecular flexibility index (Phi) is 19.5. The van der Waals surface area contributed by atoms with E-state index in [1.807, 2.05) is 0 Å². The van der Waals surface area contributed by atoms with E-state index in [1.165, 1.54) is 20.3 Å². The van der Waals surface area contributed by atoms with Crippen LogP contribution in [0.5, 0.6) is 0 Å². The molecule has 0 saturated carbocycles. The van der Waals surface area contributed by atoms with Crippen LogP contribution in [0.2, 0.25) is 0 Å². The van der Waals surface area contributed by atoms with Gasteiger partial charge in [0.05, 0.1) is 19.5 Å². The maximum absolute atomic E-state index is 12.7. The number of nitrogens with one attached hydrogen (secondary N) is 2. The Hall–Kier alpha value is -2.44. The van der Waals surface area contributed by atoms with Gasteiger partial charge in [-0.1, -0.05) is 65.1 Å². The number of carbonyl (C=O) groups excluding carboxylic acids is 3. The second-order valence-corrected chi connectivity index (χ2v) is 20.0. The molecule has 10 N–H and O–H groups in total. The van der Waals surface area contributed by atoms with E-state index in [2.05, 4.69) is 48.3 Å². The third-order valence-electron chi connectivity index (χ3n) is 8.68. The molecule has 336 valence electrons. The van der Waals surface area contributed by atoms with Gasteiger partial charge in [0.25, 0.3) is 0 Å². The first kappa shape index (κ1) is 50.9. The fourth-order valence-electron chi connectivity index (χ4n) is 5.54. The maximum Gasteiger partial charge on any atom is 0.481 e. The minimum Gasteiger partial charge on any atom is -0.386 e. The van der Waals surface area contributed by atoms with Crippen LogP contribution in [0.1, 0.15) is 78.9 Å². The quantitative estimate of drug-likeness (QED) is 0.0478. The second kappa shape index (κ2) is 22.6. The summed E-state index contributed by atoms with van der Waals surface area (Å²) in [6.07, 6.45) is -1.16. The number of rotatable bonds is 26. The van der Waals surface area contributed by atoms with E-state index in [4.69, 9.17) is 19.5 Å². The molecule has 0 aromatic carbocycles. The number of phosphoric acid groups is 3. The SMILES string of the molecule is CC(C)CCCCCCC(=O)SCCNC(=O)CCNC(=O)[C@H](O)C(C)(C)COP(=O)(O)OP(=O)(O)OC[C@H]1O[C@@H](n2cnc3c(N)ncnc32)[C@H](O)[C@@H]1OP(=O)(O)O. The number of hydrogen-bond donors (Lipinski definition) is 9. The van der Waals surface area contributed by atoms with E-state index < -0.39 is 84.6 Å². The van der Waals surface area contributed by atoms with Gasteiger partial charge in [-0.15, -0.1) is 0 Å². The van der Waals surface area contributed by atoms with E-state index in [-0.39, 0.29) is 41.6 Å². The molecule has 2 aromatic heterocycles. The van der Waals surface area contributed by atoms with Crippen molar-refractivity contribution in [2.24, 2.45) is 11.3 Å². The number of nitrogen functional groups attached to an aromatic ring is 1. The summed E-state index contributed by atoms with van der Waals surface area (Å²) in [6.45, 7) is 4.92. The van der Waals surface area contributed by atoms with Gasteiger partial charge >= 0.3 is 23.5 Å². The number of fused-ring (bicyclic) bond motifs is 1. The number of aliphatic hydroxyl groups is 2. The summed E-state index contributed by atoms with van der Waals surface area (Å²) < 4.78 is 62.2. The standard InChI is InChI=1S/C31H54N7O17P3S/c1-19(2)9-7-5-6-8-10-22(40)59-14-13-33-21(39)11-12-34-29(43)26(42)31(3,4)16-52-58(49,50)55-57(47,48)51-15-20-25(54-56(44,45)46)24(41)30(53-20)38-18-37-23-27(32)35-17-36-28(23)38/h17-20,24-26,30,41-42H,5-16H2,1-4H3,(H,33,39)(H,34,43)(H,47,48)(H,49,50)(H2,32,35,36)(H2,44,45,46)/t20-,24-,25-,26+,30-/m1/s1. The van der Waals surface area contributed by atoms with E-state index >= 15 is 0 Å². The molecule has 0 bridgehead atoms. The average molecular weight is 922 g/mol. The molecule has 59 heavy (non-hydrogen) atoms. The highest BCUT2D eigenvalue weighted by Crippen LogP contribution is 2.61. The first-order valence-corrected chi connectivity index (χ1v) is 24.0. The van der Waals surface area contributed by atoms with Crippen LogP contribution in [0, 0.1) is 11.3 Å². The number of aromatic nitrogens is 4. The van der Waals surface area contributed by atoms with Crippen molar-refractivity contribution in [3.63, 3.8) is 0 Å². The monoisotopic (exact) mass is 921 g/mol. The summed E-state index contributed by atoms with van der Waals surface area (Å²) in [5.41, 5.74) is 4.28. The first-order chi connectivity index (χ1) is 27.4. The Morgan fingerprint density at radius 2 is 1.66 bits per heavy atom. The third kappa shape index (κ3) is 17.1. The van der Waals surface area contributed by atoms with Gasteiger partial charge in [0.1, 0.15) is 36.3 Å². The Bertz CT molecular complexity index is 1870. The van der Waals surface area contributed by atoms with Crippen LogP contribution in [0.4, 0.5) is 5.82 Å². The Morgan fingerprint density at radius 1 is 0.983 bits per heavy atom. The number of carbonyl (C=O) groups is 3. The van der Waals surface area contributed by atoms with E-state index in [0.717, 1.165) is 54.7 Å². The van der Waals surface area contributed by atoms with Gasteiger partial charge in [-0.3, -0.25) is 32.5 Å². The number of amides is 2. The number of unbranched alkanes of at least 4 members (excludes halogenated alkanes) is 3. The van der Waals surface area contributed by atoms with Crippen LogP contribution in [-0.4, -0.2) is 123 Å². The van der Waals surface area contributed by atoms with E-state index in [9.17, 15) is 57.9 Å². The molecule has 2 amide bonds. The number of hydrogen-bond acceptors (Lipinski definition) is 18. The number of aliphatic hydroxyl groups excluding tert-OH is 2. The number of anilines is 1. The van der Waals surface area contributed by atoms with E-state index in [1.54, 1.807) is 0 Å². The third-order valence-corrected chi connectivity index (χ3v) is 12.7. The molecule has 1 saturated heterocycles. The van der Waals surface area contributed by atoms with Crippen molar-refractivity contribution in [2.75, 3.05) is 37.8 Å². The largest absolute Gasteiger partial charge is 0.481 e. The van der Waals surface area contributed by atoms with Crippen molar-refractivity contribution in [1.29, 1.82) is 0 Å². The topological polar surface area (TPSA) is 364 Å². The molecule has 24 nitrogen and oxygen atoms in total. The molecule has 0 radical (unpaired) electrons. The number of nitrogens with zero attached hydrogens (tertiary/aromatic N) is 4. The number of ether oxygens (including phenoxy) is 1. The van der Waals surface area contributed by atoms with Crippen LogP contribution in [-0.2, 0) is 50.7 Å². The lowest BCUT2D eigenvalue weighted by Gasteiger charge is -2.30. The zero-order chi connectivity index (χ0) is 44.2. The van der Waals surface area contributed by atoms with Crippen molar-refractivity contribution in [2.45, 2.75) is 103 Å². The van der Waals surface area contributed by atoms with Crippen LogP contribution in [0.15, 0.2) is 12.7 Å². The van der Waals surface area contributed by atoms with Crippen molar-refractivity contribution in [1.82, 2.24) is 30.2 Å². The second-order valence-electron chi connectivity index (χ2n) is 14.6. The van der Waals surface area contributed by atoms with Crippen LogP contribution < -0.4 is 16.4 Å². The lowest BCUT2D eigenvalue weighted by atomic mass is 9.87. The molecule has 28 heteroatoms. The lowest BCUT2D eigenvalue weighted by Crippen LogP contribution is -2.46. The lowest BCUT2D eigenvalue weighted by molar-refractivity contribution is -0.137. The number of imidazole rings is 1. The fourth-order valence-corrected chi connectivity index (χ4v) is 9.09. The molecule has 0 aliphatic carbocycles. The van der Waals surface area contributed by atoms with Crippen molar-refractivity contribution in [3.8, 4) is 0 Å². The number of thioether (sulfide) groups is 1. The van der Waals surface area contributed by atoms with Gasteiger partial charge < -0.3 is 50.9 Å². The van der Waals surface area contributed by atoms with E-state index in [0.29, 0.717) is 18.1 Å². The average Bonchev–Trinajstić information content (AvgIpc) is 3.69. The van der Waals surface area contributed by atoms with Gasteiger partial charge in [0, 0.05) is 37.1 Å². The highest BCUT2D eigenvalue weighted by molar-refractivity contribution is 8.13. The molecule has 2 unspecified atom stereocenters. The summed E-state index contributed by atoms with van der Waals surface area (Å²) in [5.74, 6) is -0.366. The minimum absolute atomic E-state index is 0.0325. The van der Waals surface area contributed by atoms with Crippen molar-refractivity contribution < 1.29 is 80.5 Å². The number of nitrogens with two attached hydrogens (primary N) is 1. The van der Waals surface area contributed by atoms with Crippen LogP contribution in [0.25, 0.3) is 11.2 Å². The summed E-state index contributed by atoms with van der Waals surface area (Å²) in [7, 11) is -16.4. The van der Waals surface area contributed by atoms with Gasteiger partial charge in [-0.05, 0) is 12.3 Å². The zero-order valence-electron chi connectivity index (χ0n) is 32.9. The van der Waals surface area contributed by atoms with Gasteiger partial charge in [-0.25, -0.2) is 28.6 Å². The van der Waals surface area contributed by atoms with Crippen LogP contribution >= 0.6 is 35.2 Å². The number of phosphoric ester groups is 3. The molecule has 1 aliphatic heterocycles.